The average Bonchev–Trinajstić information content (AvgIpc) is 2.74. The number of H-pyrrole nitrogens is 1. The number of hydrogen-bond acceptors (Lipinski definition) is 2. The zero-order valence-corrected chi connectivity index (χ0v) is 10.0. The van der Waals surface area contributed by atoms with E-state index >= 15 is 0 Å². The molecule has 0 aliphatic rings. The lowest BCUT2D eigenvalue weighted by Crippen LogP contribution is -2.13. The van der Waals surface area contributed by atoms with E-state index in [1.807, 2.05) is 12.1 Å². The monoisotopic (exact) mass is 255 g/mol. The Hall–Kier alpha value is -1.03. The van der Waals surface area contributed by atoms with Gasteiger partial charge in [-0.15, -0.1) is 0 Å². The maximum absolute atomic E-state index is 6.05. The molecular weight excluding hydrogens is 245 g/mol. The van der Waals surface area contributed by atoms with Crippen LogP contribution in [0.4, 0.5) is 0 Å². The molecule has 1 aromatic carbocycles. The number of imidazole rings is 1. The average molecular weight is 256 g/mol. The lowest BCUT2D eigenvalue weighted by molar-refractivity contribution is 0.682. The normalized spacial score (nSPS) is 10.6. The topological polar surface area (TPSA) is 40.7 Å². The molecule has 0 spiro atoms. The molecule has 16 heavy (non-hydrogen) atoms. The molecule has 2 aromatic rings. The highest BCUT2D eigenvalue weighted by molar-refractivity contribution is 6.35. The number of aromatic amines is 1. The standard InChI is InChI=1S/C11H11Cl2N3/c12-9-2-1-8(11(13)3-9)4-14-5-10-6-15-7-16-10/h1-3,6-7,14H,4-5H2,(H,15,16). The smallest absolute Gasteiger partial charge is 0.0922 e. The van der Waals surface area contributed by atoms with Crippen LogP contribution in [0.2, 0.25) is 10.0 Å². The van der Waals surface area contributed by atoms with Crippen LogP contribution in [0.25, 0.3) is 0 Å². The van der Waals surface area contributed by atoms with Gasteiger partial charge in [0, 0.05) is 35.0 Å². The fourth-order valence-corrected chi connectivity index (χ4v) is 1.85. The Bertz CT molecular complexity index is 454. The molecule has 0 saturated heterocycles. The molecule has 0 aliphatic heterocycles. The maximum atomic E-state index is 6.05. The molecule has 0 amide bonds. The molecule has 1 aromatic heterocycles. The number of aromatic nitrogens is 2. The Morgan fingerprint density at radius 2 is 2.12 bits per heavy atom. The summed E-state index contributed by atoms with van der Waals surface area (Å²) in [5, 5.41) is 4.61. The molecule has 0 aliphatic carbocycles. The van der Waals surface area contributed by atoms with Gasteiger partial charge >= 0.3 is 0 Å². The summed E-state index contributed by atoms with van der Waals surface area (Å²) in [6.07, 6.45) is 3.45. The van der Waals surface area contributed by atoms with Gasteiger partial charge in [0.1, 0.15) is 0 Å². The van der Waals surface area contributed by atoms with Crippen molar-refractivity contribution >= 4 is 23.2 Å². The molecular formula is C11H11Cl2N3. The lowest BCUT2D eigenvalue weighted by Gasteiger charge is -2.05. The van der Waals surface area contributed by atoms with Crippen molar-refractivity contribution in [1.29, 1.82) is 0 Å². The largest absolute Gasteiger partial charge is 0.347 e. The van der Waals surface area contributed by atoms with Gasteiger partial charge in [-0.3, -0.25) is 0 Å². The molecule has 0 radical (unpaired) electrons. The van der Waals surface area contributed by atoms with Gasteiger partial charge in [-0.2, -0.15) is 0 Å². The van der Waals surface area contributed by atoms with Crippen LogP contribution < -0.4 is 5.32 Å². The van der Waals surface area contributed by atoms with E-state index in [0.29, 0.717) is 16.6 Å². The summed E-state index contributed by atoms with van der Waals surface area (Å²) >= 11 is 11.9. The molecule has 2 rings (SSSR count). The summed E-state index contributed by atoms with van der Waals surface area (Å²) < 4.78 is 0. The zero-order chi connectivity index (χ0) is 11.4. The van der Waals surface area contributed by atoms with E-state index in [1.54, 1.807) is 18.6 Å². The molecule has 84 valence electrons. The summed E-state index contributed by atoms with van der Waals surface area (Å²) in [5.41, 5.74) is 2.08. The van der Waals surface area contributed by atoms with E-state index in [1.165, 1.54) is 0 Å². The molecule has 0 bridgehead atoms. The Balaban J connectivity index is 1.90. The Labute approximate surface area is 104 Å². The van der Waals surface area contributed by atoms with Crippen molar-refractivity contribution in [2.45, 2.75) is 13.1 Å². The van der Waals surface area contributed by atoms with Crippen molar-refractivity contribution in [2.24, 2.45) is 0 Å². The van der Waals surface area contributed by atoms with E-state index in [4.69, 9.17) is 23.2 Å². The van der Waals surface area contributed by atoms with Crippen LogP contribution in [0.1, 0.15) is 11.3 Å². The highest BCUT2D eigenvalue weighted by Gasteiger charge is 2.01. The van der Waals surface area contributed by atoms with Crippen molar-refractivity contribution in [3.05, 3.63) is 52.0 Å². The third kappa shape index (κ3) is 2.98. The highest BCUT2D eigenvalue weighted by Crippen LogP contribution is 2.20. The number of hydrogen-bond donors (Lipinski definition) is 2. The van der Waals surface area contributed by atoms with E-state index < -0.39 is 0 Å². The van der Waals surface area contributed by atoms with Gasteiger partial charge < -0.3 is 10.3 Å². The SMILES string of the molecule is Clc1ccc(CNCc2cnc[nH]2)c(Cl)c1. The lowest BCUT2D eigenvalue weighted by atomic mass is 10.2. The molecule has 3 nitrogen and oxygen atoms in total. The van der Waals surface area contributed by atoms with E-state index in [2.05, 4.69) is 15.3 Å². The van der Waals surface area contributed by atoms with E-state index in [-0.39, 0.29) is 0 Å². The molecule has 0 atom stereocenters. The van der Waals surface area contributed by atoms with Gasteiger partial charge in [0.05, 0.1) is 6.33 Å². The second-order valence-electron chi connectivity index (χ2n) is 3.42. The molecule has 0 saturated carbocycles. The summed E-state index contributed by atoms with van der Waals surface area (Å²) in [4.78, 5) is 6.96. The third-order valence-corrected chi connectivity index (χ3v) is 2.79. The quantitative estimate of drug-likeness (QED) is 0.882. The van der Waals surface area contributed by atoms with Crippen molar-refractivity contribution in [1.82, 2.24) is 15.3 Å². The van der Waals surface area contributed by atoms with Gasteiger partial charge in [0.25, 0.3) is 0 Å². The summed E-state index contributed by atoms with van der Waals surface area (Å²) in [6, 6.07) is 5.50. The minimum atomic E-state index is 0.655. The van der Waals surface area contributed by atoms with Crippen LogP contribution in [0.5, 0.6) is 0 Å². The second kappa shape index (κ2) is 5.34. The van der Waals surface area contributed by atoms with Crippen molar-refractivity contribution in [2.75, 3.05) is 0 Å². The van der Waals surface area contributed by atoms with Gasteiger partial charge in [0.15, 0.2) is 0 Å². The highest BCUT2D eigenvalue weighted by atomic mass is 35.5. The van der Waals surface area contributed by atoms with Crippen molar-refractivity contribution in [3.63, 3.8) is 0 Å². The van der Waals surface area contributed by atoms with Gasteiger partial charge in [0.2, 0.25) is 0 Å². The van der Waals surface area contributed by atoms with Crippen LogP contribution >= 0.6 is 23.2 Å². The Kier molecular flexibility index (Phi) is 3.83. The number of halogens is 2. The predicted molar refractivity (Wildman–Crippen MR) is 65.6 cm³/mol. The van der Waals surface area contributed by atoms with Crippen molar-refractivity contribution in [3.8, 4) is 0 Å². The number of rotatable bonds is 4. The number of nitrogens with one attached hydrogen (secondary N) is 2. The molecule has 0 unspecified atom stereocenters. The van der Waals surface area contributed by atoms with Gasteiger partial charge in [-0.1, -0.05) is 29.3 Å². The Morgan fingerprint density at radius 3 is 2.81 bits per heavy atom. The number of nitrogens with zero attached hydrogens (tertiary/aromatic N) is 1. The zero-order valence-electron chi connectivity index (χ0n) is 8.50. The third-order valence-electron chi connectivity index (χ3n) is 2.20. The Morgan fingerprint density at radius 1 is 1.25 bits per heavy atom. The first-order valence-corrected chi connectivity index (χ1v) is 5.63. The van der Waals surface area contributed by atoms with Crippen LogP contribution in [0.15, 0.2) is 30.7 Å². The first-order valence-electron chi connectivity index (χ1n) is 4.87. The van der Waals surface area contributed by atoms with Crippen LogP contribution in [0.3, 0.4) is 0 Å². The first-order chi connectivity index (χ1) is 7.75. The van der Waals surface area contributed by atoms with Crippen LogP contribution in [0, 0.1) is 0 Å². The van der Waals surface area contributed by atoms with Crippen LogP contribution in [-0.2, 0) is 13.1 Å². The summed E-state index contributed by atoms with van der Waals surface area (Å²) in [7, 11) is 0. The molecule has 0 fully saturated rings. The summed E-state index contributed by atoms with van der Waals surface area (Å²) in [5.74, 6) is 0. The van der Waals surface area contributed by atoms with Gasteiger partial charge in [-0.05, 0) is 17.7 Å². The molecule has 2 N–H and O–H groups in total. The molecule has 5 heteroatoms. The van der Waals surface area contributed by atoms with Crippen LogP contribution in [-0.4, -0.2) is 9.97 Å². The van der Waals surface area contributed by atoms with E-state index in [9.17, 15) is 0 Å². The maximum Gasteiger partial charge on any atom is 0.0922 e. The van der Waals surface area contributed by atoms with Gasteiger partial charge in [-0.25, -0.2) is 4.98 Å². The first kappa shape index (κ1) is 11.5. The minimum Gasteiger partial charge on any atom is -0.347 e. The fraction of sp³-hybridized carbons (Fsp3) is 0.182. The van der Waals surface area contributed by atoms with E-state index in [0.717, 1.165) is 17.8 Å². The number of benzene rings is 1. The molecule has 1 heterocycles. The summed E-state index contributed by atoms with van der Waals surface area (Å²) in [6.45, 7) is 1.44. The minimum absolute atomic E-state index is 0.655. The predicted octanol–water partition coefficient (Wildman–Crippen LogP) is 3.01. The fourth-order valence-electron chi connectivity index (χ4n) is 1.38. The van der Waals surface area contributed by atoms with Crippen molar-refractivity contribution < 1.29 is 0 Å². The second-order valence-corrected chi connectivity index (χ2v) is 4.26.